The van der Waals surface area contributed by atoms with Crippen LogP contribution in [-0.4, -0.2) is 130 Å². The van der Waals surface area contributed by atoms with Crippen molar-refractivity contribution in [1.29, 1.82) is 0 Å². The van der Waals surface area contributed by atoms with E-state index in [1.165, 1.54) is 65.7 Å². The van der Waals surface area contributed by atoms with E-state index in [0.29, 0.717) is 94.1 Å². The van der Waals surface area contributed by atoms with Crippen molar-refractivity contribution in [1.82, 2.24) is 75.0 Å². The first-order valence-electron chi connectivity index (χ1n) is 44.1. The van der Waals surface area contributed by atoms with Gasteiger partial charge in [0, 0.05) is 222 Å². The molecule has 0 atom stereocenters. The Labute approximate surface area is 813 Å². The fraction of sp³-hybridized carbons (Fsp3) is 0.0826. The van der Waals surface area contributed by atoms with E-state index in [0.717, 1.165) is 169 Å². The highest BCUT2D eigenvalue weighted by atomic mass is 35.5. The van der Waals surface area contributed by atoms with Gasteiger partial charge in [-0.1, -0.05) is 65.1 Å². The molecular weight excluding hydrogens is 1860 g/mol. The van der Waals surface area contributed by atoms with Crippen molar-refractivity contribution in [3.63, 3.8) is 0 Å². The third kappa shape index (κ3) is 20.1. The molecule has 22 nitrogen and oxygen atoms in total. The molecule has 3 aliphatic rings. The fourth-order valence-electron chi connectivity index (χ4n) is 17.1. The smallest absolute Gasteiger partial charge is 0.262 e. The Hall–Kier alpha value is -16.1. The molecule has 0 aliphatic carbocycles. The molecule has 1 fully saturated rings. The van der Waals surface area contributed by atoms with Crippen molar-refractivity contribution in [2.75, 3.05) is 56.6 Å². The molecule has 688 valence electrons. The summed E-state index contributed by atoms with van der Waals surface area (Å²) in [6, 6.07) is 69.3. The van der Waals surface area contributed by atoms with Crippen LogP contribution in [0.1, 0.15) is 11.1 Å². The van der Waals surface area contributed by atoms with E-state index in [-0.39, 0.29) is 34.4 Å². The van der Waals surface area contributed by atoms with Crippen molar-refractivity contribution < 1.29 is 39.9 Å². The maximum Gasteiger partial charge on any atom is 0.262 e. The number of hydrogen-bond donors (Lipinski definition) is 3. The minimum absolute atomic E-state index is 0.00208. The van der Waals surface area contributed by atoms with Gasteiger partial charge < -0.3 is 25.2 Å². The predicted octanol–water partition coefficient (Wildman–Crippen LogP) is 23.5. The Balaban J connectivity index is 0.000000115. The van der Waals surface area contributed by atoms with Crippen LogP contribution in [0.5, 0.6) is 5.75 Å². The number of aromatic nitrogens is 13. The van der Waals surface area contributed by atoms with Crippen LogP contribution < -0.4 is 25.4 Å². The number of nitrogens with one attached hydrogen (secondary N) is 2. The molecular formula is C109H76Cl3F5N18O4S. The number of fused-ring (bicyclic) bond motifs is 6. The molecule has 0 saturated carbocycles. The molecule has 4 N–H and O–H groups in total. The number of carbonyl (C=O) groups excluding carboxylic acids is 1. The zero-order valence-electron chi connectivity index (χ0n) is 74.1. The number of anilines is 2. The molecule has 0 spiro atoms. The van der Waals surface area contributed by atoms with Crippen LogP contribution in [0.2, 0.25) is 15.1 Å². The van der Waals surface area contributed by atoms with E-state index in [1.54, 1.807) is 104 Å². The molecule has 23 rings (SSSR count). The predicted molar refractivity (Wildman–Crippen MR) is 538 cm³/mol. The van der Waals surface area contributed by atoms with Crippen LogP contribution in [0.25, 0.3) is 178 Å². The number of pyridine rings is 13. The Kier molecular flexibility index (Phi) is 26.2. The molecule has 0 bridgehead atoms. The average Bonchev–Trinajstić information content (AvgIpc) is 0.775. The maximum absolute atomic E-state index is 14.7. The molecule has 0 radical (unpaired) electrons. The second kappa shape index (κ2) is 39.9. The molecule has 7 aromatic carbocycles. The highest BCUT2D eigenvalue weighted by Gasteiger charge is 2.25. The van der Waals surface area contributed by atoms with Gasteiger partial charge in [0.05, 0.1) is 39.1 Å². The van der Waals surface area contributed by atoms with Gasteiger partial charge in [0.25, 0.3) is 5.91 Å². The molecule has 3 aliphatic heterocycles. The van der Waals surface area contributed by atoms with Crippen molar-refractivity contribution >= 4 is 106 Å². The van der Waals surface area contributed by atoms with E-state index in [4.69, 9.17) is 44.7 Å². The largest absolute Gasteiger partial charge is 0.482 e. The summed E-state index contributed by atoms with van der Waals surface area (Å²) in [5.74, 6) is -1.91. The Morgan fingerprint density at radius 3 is 1.26 bits per heavy atom. The normalized spacial score (nSPS) is 13.0. The summed E-state index contributed by atoms with van der Waals surface area (Å²) in [5, 5.41) is 16.0. The van der Waals surface area contributed by atoms with Gasteiger partial charge in [-0.25, -0.2) is 75.4 Å². The van der Waals surface area contributed by atoms with Crippen LogP contribution >= 0.6 is 34.8 Å². The van der Waals surface area contributed by atoms with Gasteiger partial charge in [-0.2, -0.15) is 0 Å². The molecule has 16 heterocycles. The number of halogens is 8. The zero-order chi connectivity index (χ0) is 96.2. The second-order valence-corrected chi connectivity index (χ2v) is 36.2. The number of ether oxygens (including phenoxy) is 1. The van der Waals surface area contributed by atoms with E-state index in [1.807, 2.05) is 116 Å². The Bertz CT molecular complexity index is 8400. The highest BCUT2D eigenvalue weighted by molar-refractivity contribution is 7.89. The Morgan fingerprint density at radius 1 is 0.371 bits per heavy atom. The van der Waals surface area contributed by atoms with Gasteiger partial charge in [-0.05, 0) is 282 Å². The minimum atomic E-state index is -3.85. The van der Waals surface area contributed by atoms with Crippen molar-refractivity contribution in [3.8, 4) is 140 Å². The van der Waals surface area contributed by atoms with Crippen molar-refractivity contribution in [3.05, 3.63) is 378 Å². The number of rotatable bonds is 14. The number of amides is 1. The van der Waals surface area contributed by atoms with Gasteiger partial charge >= 0.3 is 0 Å². The van der Waals surface area contributed by atoms with Crippen LogP contribution in [0.4, 0.5) is 33.3 Å². The van der Waals surface area contributed by atoms with Crippen LogP contribution in [0.15, 0.2) is 328 Å². The van der Waals surface area contributed by atoms with Gasteiger partial charge in [-0.3, -0.25) is 29.7 Å². The van der Waals surface area contributed by atoms with E-state index < -0.39 is 33.3 Å². The summed E-state index contributed by atoms with van der Waals surface area (Å²) in [6.45, 7) is 5.87. The number of nitrogens with two attached hydrogens (primary N) is 1. The summed E-state index contributed by atoms with van der Waals surface area (Å²) in [6.07, 6.45) is 23.5. The van der Waals surface area contributed by atoms with Gasteiger partial charge in [-0.15, -0.1) is 0 Å². The SMILES string of the molecule is CN1CCN(c2ccnc(-c3cncc(-c4cc(-c5cc(F)ccc5F)nc5ncccc45)c3)c2)CC1.Fc1ccc(Cl)cc1-c1cc(-c2cncc(-c3ccc4c(c3)CNCC4)c2)c2cccnc2n1.NS(=O)(=O)c1cccc(-c2cncc(-c3cc(-c4cc(Cl)ccc4F)nc4ncccc34)c2)c1.O=C1COc2ccc(-c3cncc(-c4cc(-c5cc(Cl)ccc5F)nc5ncccc45)c3)cc2N1. The number of hydrogen-bond acceptors (Lipinski definition) is 20. The number of primary sulfonamides is 1. The summed E-state index contributed by atoms with van der Waals surface area (Å²) >= 11 is 18.4. The lowest BCUT2D eigenvalue weighted by Gasteiger charge is -2.34. The number of sulfonamides is 1. The summed E-state index contributed by atoms with van der Waals surface area (Å²) in [5.41, 5.74) is 22.3. The summed E-state index contributed by atoms with van der Waals surface area (Å²) in [4.78, 5) is 74.7. The monoisotopic (exact) mass is 1930 g/mol. The second-order valence-electron chi connectivity index (χ2n) is 33.3. The third-order valence-electron chi connectivity index (χ3n) is 24.1. The first-order chi connectivity index (χ1) is 68.0. The standard InChI is InChI=1S/C29H24F2N6.C28H20ClFN4.C27H16ClFN4O2.C25H16ClFN4O2S/c1-36-9-11-37(12-10-36)22-6-8-33-27(15-22)20-13-19(17-32-18-20)24-16-28(25-14-21(30)4-5-26(25)31)35-29-23(24)3-2-7-34-29;29-22-5-6-26(30)25(12-22)27-13-24(23-2-1-8-33-28(23)34-27)21-11-20(15-32-16-21)18-4-3-17-7-9-31-14-19(17)10-18;28-18-4-5-22(29)21(10-18)23-11-20(19-2-1-7-31-27(19)33-23)17-8-16(12-30-13-17)15-3-6-25-24(9-15)32-26(34)14-35-25;26-18-6-7-23(27)22(11-18)24-12-21(20-5-2-8-30-25(20)31-24)17-9-16(13-29-14-17)15-3-1-4-19(10-15)34(28,32)33/h2-8,13-18H,9-12H2,1H3;1-6,8,10-13,15-16,31H,7,9,14H2;1-13H,14H2,(H,32,34);1-14H,(H2,28,32,33). The quantitative estimate of drug-likeness (QED) is 0.0853. The minimum Gasteiger partial charge on any atom is -0.482 e. The van der Waals surface area contributed by atoms with Crippen LogP contribution in [-0.2, 0) is 27.8 Å². The maximum atomic E-state index is 14.7. The van der Waals surface area contributed by atoms with Crippen LogP contribution in [0, 0.1) is 29.1 Å². The van der Waals surface area contributed by atoms with Gasteiger partial charge in [0.2, 0.25) is 10.0 Å². The zero-order valence-corrected chi connectivity index (χ0v) is 77.2. The van der Waals surface area contributed by atoms with Gasteiger partial charge in [0.1, 0.15) is 34.8 Å². The molecule has 31 heteroatoms. The van der Waals surface area contributed by atoms with Crippen LogP contribution in [0.3, 0.4) is 0 Å². The molecule has 1 saturated heterocycles. The van der Waals surface area contributed by atoms with E-state index >= 15 is 0 Å². The lowest BCUT2D eigenvalue weighted by atomic mass is 9.94. The van der Waals surface area contributed by atoms with E-state index in [2.05, 4.69) is 123 Å². The molecule has 140 heavy (non-hydrogen) atoms. The van der Waals surface area contributed by atoms with Crippen molar-refractivity contribution in [2.24, 2.45) is 5.14 Å². The average molecular weight is 1940 g/mol. The lowest BCUT2D eigenvalue weighted by Crippen LogP contribution is -2.44. The van der Waals surface area contributed by atoms with E-state index in [9.17, 15) is 35.2 Å². The molecule has 1 amide bonds. The lowest BCUT2D eigenvalue weighted by molar-refractivity contribution is -0.118. The van der Waals surface area contributed by atoms with Gasteiger partial charge in [0.15, 0.2) is 29.2 Å². The topological polar surface area (TPSA) is 285 Å². The first kappa shape index (κ1) is 91.7. The summed E-state index contributed by atoms with van der Waals surface area (Å²) in [7, 11) is -1.71. The first-order valence-corrected chi connectivity index (χ1v) is 46.8. The Morgan fingerprint density at radius 2 is 0.793 bits per heavy atom. The summed E-state index contributed by atoms with van der Waals surface area (Å²) < 4.78 is 102. The molecule has 13 aromatic heterocycles. The van der Waals surface area contributed by atoms with Crippen molar-refractivity contribution in [2.45, 2.75) is 17.9 Å². The number of likely N-dealkylation sites (N-methyl/N-ethyl adjacent to an activating group) is 1. The number of nitrogens with zero attached hydrogens (tertiary/aromatic N) is 15. The number of benzene rings is 7. The highest BCUT2D eigenvalue weighted by Crippen LogP contribution is 2.43. The third-order valence-corrected chi connectivity index (χ3v) is 25.7. The molecule has 0 unspecified atom stereocenters. The number of carbonyl (C=O) groups is 1. The molecule has 20 aromatic rings. The fourth-order valence-corrected chi connectivity index (χ4v) is 18.2. The number of piperazine rings is 1.